The normalized spacial score (nSPS) is 15.6. The first kappa shape index (κ1) is 18.3. The van der Waals surface area contributed by atoms with E-state index in [1.165, 1.54) is 18.5 Å². The number of benzene rings is 1. The summed E-state index contributed by atoms with van der Waals surface area (Å²) < 4.78 is 40.8. The maximum Gasteiger partial charge on any atom is 0.573 e. The second-order valence-corrected chi connectivity index (χ2v) is 6.60. The van der Waals surface area contributed by atoms with E-state index in [0.717, 1.165) is 37.4 Å². The van der Waals surface area contributed by atoms with Gasteiger partial charge in [-0.05, 0) is 37.1 Å². The molecule has 1 saturated heterocycles. The lowest BCUT2D eigenvalue weighted by atomic mass is 9.94. The van der Waals surface area contributed by atoms with Crippen LogP contribution in [0.3, 0.4) is 0 Å². The summed E-state index contributed by atoms with van der Waals surface area (Å²) in [6.45, 7) is 1.72. The number of rotatable bonds is 4. The van der Waals surface area contributed by atoms with Crippen molar-refractivity contribution in [2.75, 3.05) is 18.0 Å². The second kappa shape index (κ2) is 7.49. The van der Waals surface area contributed by atoms with Gasteiger partial charge < -0.3 is 14.6 Å². The third-order valence-corrected chi connectivity index (χ3v) is 4.81. The van der Waals surface area contributed by atoms with E-state index in [9.17, 15) is 13.2 Å². The fraction of sp³-hybridized carbons (Fsp3) is 0.316. The lowest BCUT2D eigenvalue weighted by Gasteiger charge is -2.32. The number of nitrogens with one attached hydrogen (secondary N) is 1. The number of ether oxygens (including phenoxy) is 1. The Morgan fingerprint density at radius 1 is 1.07 bits per heavy atom. The van der Waals surface area contributed by atoms with E-state index in [0.29, 0.717) is 17.2 Å². The summed E-state index contributed by atoms with van der Waals surface area (Å²) >= 11 is 0. The molecule has 0 atom stereocenters. The number of piperidine rings is 1. The summed E-state index contributed by atoms with van der Waals surface area (Å²) in [5.74, 6) is 1.01. The van der Waals surface area contributed by atoms with E-state index in [-0.39, 0.29) is 5.75 Å². The zero-order valence-electron chi connectivity index (χ0n) is 14.9. The maximum atomic E-state index is 12.3. The monoisotopic (exact) mass is 389 g/mol. The smallest absolute Gasteiger partial charge is 0.406 e. The molecule has 0 unspecified atom stereocenters. The molecule has 3 aromatic rings. The molecular weight excluding hydrogens is 371 g/mol. The number of anilines is 1. The van der Waals surface area contributed by atoms with Gasteiger partial charge in [0.2, 0.25) is 0 Å². The number of aromatic nitrogens is 4. The van der Waals surface area contributed by atoms with Gasteiger partial charge in [0.05, 0.1) is 12.0 Å². The van der Waals surface area contributed by atoms with E-state index in [4.69, 9.17) is 0 Å². The van der Waals surface area contributed by atoms with Gasteiger partial charge >= 0.3 is 6.36 Å². The molecule has 1 aliphatic rings. The Bertz CT molecular complexity index is 904. The highest BCUT2D eigenvalue weighted by Crippen LogP contribution is 2.30. The minimum Gasteiger partial charge on any atom is -0.406 e. The maximum absolute atomic E-state index is 12.3. The number of hydrogen-bond acceptors (Lipinski definition) is 5. The van der Waals surface area contributed by atoms with Gasteiger partial charge in [-0.15, -0.1) is 13.2 Å². The van der Waals surface area contributed by atoms with Crippen molar-refractivity contribution >= 4 is 5.82 Å². The summed E-state index contributed by atoms with van der Waals surface area (Å²) in [5, 5.41) is 0. The van der Waals surface area contributed by atoms with Crippen LogP contribution >= 0.6 is 0 Å². The van der Waals surface area contributed by atoms with Gasteiger partial charge in [0.15, 0.2) is 0 Å². The van der Waals surface area contributed by atoms with Crippen LogP contribution in [-0.2, 0) is 0 Å². The Morgan fingerprint density at radius 3 is 2.46 bits per heavy atom. The molecular formula is C19H18F3N5O. The predicted molar refractivity (Wildman–Crippen MR) is 96.9 cm³/mol. The molecule has 2 aromatic heterocycles. The summed E-state index contributed by atoms with van der Waals surface area (Å²) in [4.78, 5) is 18.1. The van der Waals surface area contributed by atoms with Gasteiger partial charge in [-0.3, -0.25) is 0 Å². The van der Waals surface area contributed by atoms with Crippen LogP contribution in [0, 0.1) is 0 Å². The van der Waals surface area contributed by atoms with Gasteiger partial charge in [-0.1, -0.05) is 0 Å². The fourth-order valence-electron chi connectivity index (χ4n) is 3.41. The number of nitrogens with zero attached hydrogens (tertiary/aromatic N) is 4. The van der Waals surface area contributed by atoms with E-state index >= 15 is 0 Å². The largest absolute Gasteiger partial charge is 0.573 e. The predicted octanol–water partition coefficient (Wildman–Crippen LogP) is 4.15. The number of H-pyrrole nitrogens is 1. The van der Waals surface area contributed by atoms with Gasteiger partial charge in [0.25, 0.3) is 0 Å². The number of aromatic amines is 1. The van der Waals surface area contributed by atoms with E-state index < -0.39 is 6.36 Å². The molecule has 3 heterocycles. The fourth-order valence-corrected chi connectivity index (χ4v) is 3.41. The molecule has 1 aliphatic heterocycles. The van der Waals surface area contributed by atoms with Gasteiger partial charge in [-0.25, -0.2) is 15.0 Å². The summed E-state index contributed by atoms with van der Waals surface area (Å²) in [6.07, 6.45) is 2.33. The van der Waals surface area contributed by atoms with Crippen LogP contribution in [0.5, 0.6) is 5.75 Å². The van der Waals surface area contributed by atoms with E-state index in [2.05, 4.69) is 29.6 Å². The van der Waals surface area contributed by atoms with Crippen molar-refractivity contribution in [2.24, 2.45) is 0 Å². The minimum atomic E-state index is -4.70. The van der Waals surface area contributed by atoms with Crippen LogP contribution in [0.1, 0.15) is 24.5 Å². The van der Waals surface area contributed by atoms with Crippen LogP contribution in [0.4, 0.5) is 19.0 Å². The van der Waals surface area contributed by atoms with Gasteiger partial charge in [0.1, 0.15) is 17.9 Å². The molecule has 146 valence electrons. The molecule has 0 aliphatic carbocycles. The standard InChI is InChI=1S/C19H18F3N5O/c20-19(21,22)28-15-3-1-13(2-4-15)16-9-18(26-12-25-16)27-7-5-14(6-8-27)17-10-23-11-24-17/h1-4,9-12,14H,5-8H2,(H,23,24). The quantitative estimate of drug-likeness (QED) is 0.726. The van der Waals surface area contributed by atoms with Crippen LogP contribution in [0.2, 0.25) is 0 Å². The van der Waals surface area contributed by atoms with Crippen LogP contribution in [-0.4, -0.2) is 39.4 Å². The SMILES string of the molecule is FC(F)(F)Oc1ccc(-c2cc(N3CCC(c4cnc[nH]4)CC3)ncn2)cc1. The number of hydrogen-bond donors (Lipinski definition) is 1. The van der Waals surface area contributed by atoms with Gasteiger partial charge in [-0.2, -0.15) is 0 Å². The van der Waals surface area contributed by atoms with Gasteiger partial charge in [0, 0.05) is 42.5 Å². The first-order valence-corrected chi connectivity index (χ1v) is 8.89. The molecule has 0 spiro atoms. The van der Waals surface area contributed by atoms with Crippen molar-refractivity contribution in [3.8, 4) is 17.0 Å². The molecule has 0 amide bonds. The topological polar surface area (TPSA) is 66.9 Å². The summed E-state index contributed by atoms with van der Waals surface area (Å²) in [7, 11) is 0. The van der Waals surface area contributed by atoms with Crippen molar-refractivity contribution in [3.05, 3.63) is 54.9 Å². The Labute approximate surface area is 159 Å². The molecule has 9 heteroatoms. The summed E-state index contributed by atoms with van der Waals surface area (Å²) in [5.41, 5.74) is 2.51. The molecule has 6 nitrogen and oxygen atoms in total. The first-order valence-electron chi connectivity index (χ1n) is 8.89. The van der Waals surface area contributed by atoms with Crippen molar-refractivity contribution in [1.82, 2.24) is 19.9 Å². The molecule has 0 radical (unpaired) electrons. The number of alkyl halides is 3. The van der Waals surface area contributed by atoms with E-state index in [1.807, 2.05) is 12.3 Å². The number of halogens is 3. The highest BCUT2D eigenvalue weighted by Gasteiger charge is 2.31. The Morgan fingerprint density at radius 2 is 1.82 bits per heavy atom. The Balaban J connectivity index is 1.45. The summed E-state index contributed by atoms with van der Waals surface area (Å²) in [6, 6.07) is 7.52. The zero-order valence-corrected chi connectivity index (χ0v) is 14.9. The first-order chi connectivity index (χ1) is 13.5. The molecule has 0 saturated carbocycles. The molecule has 4 rings (SSSR count). The van der Waals surface area contributed by atoms with Crippen LogP contribution in [0.25, 0.3) is 11.3 Å². The Kier molecular flexibility index (Phi) is 4.89. The molecule has 0 bridgehead atoms. The third kappa shape index (κ3) is 4.24. The van der Waals surface area contributed by atoms with Crippen molar-refractivity contribution in [3.63, 3.8) is 0 Å². The molecule has 1 aromatic carbocycles. The lowest BCUT2D eigenvalue weighted by Crippen LogP contribution is -2.33. The molecule has 28 heavy (non-hydrogen) atoms. The minimum absolute atomic E-state index is 0.258. The molecule has 1 N–H and O–H groups in total. The zero-order chi connectivity index (χ0) is 19.6. The number of imidazole rings is 1. The second-order valence-electron chi connectivity index (χ2n) is 6.60. The highest BCUT2D eigenvalue weighted by molar-refractivity contribution is 5.63. The average Bonchev–Trinajstić information content (AvgIpc) is 3.22. The Hall–Kier alpha value is -3.10. The van der Waals surface area contributed by atoms with Crippen molar-refractivity contribution in [1.29, 1.82) is 0 Å². The average molecular weight is 389 g/mol. The van der Waals surface area contributed by atoms with Crippen LogP contribution in [0.15, 0.2) is 49.2 Å². The highest BCUT2D eigenvalue weighted by atomic mass is 19.4. The lowest BCUT2D eigenvalue weighted by molar-refractivity contribution is -0.274. The van der Waals surface area contributed by atoms with Crippen LogP contribution < -0.4 is 9.64 Å². The third-order valence-electron chi connectivity index (χ3n) is 4.81. The van der Waals surface area contributed by atoms with Crippen molar-refractivity contribution < 1.29 is 17.9 Å². The van der Waals surface area contributed by atoms with Crippen molar-refractivity contribution in [2.45, 2.75) is 25.1 Å². The van der Waals surface area contributed by atoms with E-state index in [1.54, 1.807) is 18.5 Å². The molecule has 1 fully saturated rings.